The third-order valence-corrected chi connectivity index (χ3v) is 2.99. The number of halogens is 1. The van der Waals surface area contributed by atoms with Crippen LogP contribution in [0, 0.1) is 0 Å². The van der Waals surface area contributed by atoms with E-state index in [9.17, 15) is 0 Å². The highest BCUT2D eigenvalue weighted by molar-refractivity contribution is 9.10. The summed E-state index contributed by atoms with van der Waals surface area (Å²) >= 11 is 3.34. The zero-order chi connectivity index (χ0) is 13.2. The zero-order valence-corrected chi connectivity index (χ0v) is 11.3. The first-order valence-electron chi connectivity index (χ1n) is 5.54. The van der Waals surface area contributed by atoms with E-state index in [4.69, 9.17) is 10.2 Å². The standard InChI is InChI=1S/C13H9BrN4O/c14-9-6-10(11(15)16-7-9)13-18-17-12(19-13)8-4-2-1-3-5-8/h1-7H,(H2,15,16). The molecular formula is C13H9BrN4O. The molecule has 1 aromatic carbocycles. The second kappa shape index (κ2) is 4.81. The van der Waals surface area contributed by atoms with E-state index in [2.05, 4.69) is 31.1 Å². The van der Waals surface area contributed by atoms with Crippen LogP contribution in [-0.4, -0.2) is 15.2 Å². The van der Waals surface area contributed by atoms with Crippen LogP contribution in [-0.2, 0) is 0 Å². The van der Waals surface area contributed by atoms with Crippen molar-refractivity contribution in [2.45, 2.75) is 0 Å². The van der Waals surface area contributed by atoms with Crippen molar-refractivity contribution >= 4 is 21.7 Å². The van der Waals surface area contributed by atoms with Crippen LogP contribution in [0.1, 0.15) is 0 Å². The van der Waals surface area contributed by atoms with Crippen molar-refractivity contribution in [2.24, 2.45) is 0 Å². The fourth-order valence-electron chi connectivity index (χ4n) is 1.65. The van der Waals surface area contributed by atoms with Crippen LogP contribution >= 0.6 is 15.9 Å². The Balaban J connectivity index is 2.04. The van der Waals surface area contributed by atoms with Gasteiger partial charge in [0.05, 0.1) is 5.56 Å². The summed E-state index contributed by atoms with van der Waals surface area (Å²) in [5.74, 6) is 1.16. The number of anilines is 1. The first kappa shape index (κ1) is 11.9. The summed E-state index contributed by atoms with van der Waals surface area (Å²) in [6.45, 7) is 0. The van der Waals surface area contributed by atoms with Crippen LogP contribution in [0.25, 0.3) is 22.9 Å². The third-order valence-electron chi connectivity index (χ3n) is 2.56. The summed E-state index contributed by atoms with van der Waals surface area (Å²) < 4.78 is 6.43. The first-order valence-corrected chi connectivity index (χ1v) is 6.33. The number of pyridine rings is 1. The van der Waals surface area contributed by atoms with Gasteiger partial charge in [0.15, 0.2) is 0 Å². The molecular weight excluding hydrogens is 308 g/mol. The molecule has 0 aliphatic heterocycles. The molecule has 19 heavy (non-hydrogen) atoms. The monoisotopic (exact) mass is 316 g/mol. The second-order valence-corrected chi connectivity index (χ2v) is 4.78. The molecule has 2 aromatic heterocycles. The molecule has 5 nitrogen and oxygen atoms in total. The molecule has 2 heterocycles. The average molecular weight is 317 g/mol. The molecule has 0 unspecified atom stereocenters. The average Bonchev–Trinajstić information content (AvgIpc) is 2.92. The van der Waals surface area contributed by atoms with E-state index in [0.717, 1.165) is 10.0 Å². The van der Waals surface area contributed by atoms with Crippen LogP contribution in [0.2, 0.25) is 0 Å². The van der Waals surface area contributed by atoms with Crippen molar-refractivity contribution in [3.05, 3.63) is 47.1 Å². The van der Waals surface area contributed by atoms with Gasteiger partial charge in [0.25, 0.3) is 5.89 Å². The number of aromatic nitrogens is 3. The Morgan fingerprint density at radius 1 is 1.05 bits per heavy atom. The van der Waals surface area contributed by atoms with Crippen LogP contribution in [0.15, 0.2) is 51.5 Å². The van der Waals surface area contributed by atoms with E-state index in [1.807, 2.05) is 30.3 Å². The lowest BCUT2D eigenvalue weighted by Gasteiger charge is -1.99. The lowest BCUT2D eigenvalue weighted by Crippen LogP contribution is -1.93. The highest BCUT2D eigenvalue weighted by Crippen LogP contribution is 2.28. The molecule has 0 atom stereocenters. The van der Waals surface area contributed by atoms with Gasteiger partial charge in [0.2, 0.25) is 5.89 Å². The molecule has 0 aliphatic rings. The molecule has 0 saturated heterocycles. The molecule has 6 heteroatoms. The molecule has 94 valence electrons. The van der Waals surface area contributed by atoms with E-state index >= 15 is 0 Å². The number of hydrogen-bond donors (Lipinski definition) is 1. The molecule has 0 spiro atoms. The topological polar surface area (TPSA) is 77.8 Å². The fourth-order valence-corrected chi connectivity index (χ4v) is 1.98. The van der Waals surface area contributed by atoms with Gasteiger partial charge in [-0.2, -0.15) is 0 Å². The van der Waals surface area contributed by atoms with E-state index < -0.39 is 0 Å². The summed E-state index contributed by atoms with van der Waals surface area (Å²) in [5.41, 5.74) is 7.29. The van der Waals surface area contributed by atoms with Crippen molar-refractivity contribution in [1.82, 2.24) is 15.2 Å². The quantitative estimate of drug-likeness (QED) is 0.785. The largest absolute Gasteiger partial charge is 0.416 e. The van der Waals surface area contributed by atoms with Gasteiger partial charge in [0.1, 0.15) is 5.82 Å². The van der Waals surface area contributed by atoms with Crippen molar-refractivity contribution in [3.63, 3.8) is 0 Å². The first-order chi connectivity index (χ1) is 9.24. The van der Waals surface area contributed by atoms with Gasteiger partial charge in [-0.25, -0.2) is 4.98 Å². The van der Waals surface area contributed by atoms with Gasteiger partial charge >= 0.3 is 0 Å². The highest BCUT2D eigenvalue weighted by atomic mass is 79.9. The maximum absolute atomic E-state index is 5.81. The number of nitrogens with zero attached hydrogens (tertiary/aromatic N) is 3. The molecule has 0 fully saturated rings. The molecule has 0 saturated carbocycles. The molecule has 2 N–H and O–H groups in total. The molecule has 3 aromatic rings. The van der Waals surface area contributed by atoms with Crippen LogP contribution in [0.5, 0.6) is 0 Å². The SMILES string of the molecule is Nc1ncc(Br)cc1-c1nnc(-c2ccccc2)o1. The Morgan fingerprint density at radius 3 is 2.58 bits per heavy atom. The highest BCUT2D eigenvalue weighted by Gasteiger charge is 2.13. The van der Waals surface area contributed by atoms with Crippen molar-refractivity contribution in [3.8, 4) is 22.9 Å². The van der Waals surface area contributed by atoms with Gasteiger partial charge in [0, 0.05) is 16.2 Å². The third kappa shape index (κ3) is 2.34. The zero-order valence-electron chi connectivity index (χ0n) is 9.75. The molecule has 3 rings (SSSR count). The normalized spacial score (nSPS) is 10.6. The Bertz CT molecular complexity index is 712. The van der Waals surface area contributed by atoms with Crippen LogP contribution in [0.3, 0.4) is 0 Å². The molecule has 0 bridgehead atoms. The van der Waals surface area contributed by atoms with Gasteiger partial charge in [-0.1, -0.05) is 18.2 Å². The summed E-state index contributed by atoms with van der Waals surface area (Å²) in [6.07, 6.45) is 1.62. The van der Waals surface area contributed by atoms with Gasteiger partial charge < -0.3 is 10.2 Å². The Kier molecular flexibility index (Phi) is 3.00. The molecule has 0 aliphatic carbocycles. The predicted octanol–water partition coefficient (Wildman–Crippen LogP) is 3.14. The van der Waals surface area contributed by atoms with E-state index in [1.54, 1.807) is 12.3 Å². The smallest absolute Gasteiger partial charge is 0.251 e. The summed E-state index contributed by atoms with van der Waals surface area (Å²) in [4.78, 5) is 4.04. The minimum absolute atomic E-state index is 0.352. The Morgan fingerprint density at radius 2 is 1.79 bits per heavy atom. The van der Waals surface area contributed by atoms with Crippen molar-refractivity contribution in [2.75, 3.05) is 5.73 Å². The van der Waals surface area contributed by atoms with Crippen LogP contribution in [0.4, 0.5) is 5.82 Å². The number of nitrogen functional groups attached to an aromatic ring is 1. The minimum Gasteiger partial charge on any atom is -0.416 e. The molecule has 0 radical (unpaired) electrons. The minimum atomic E-state index is 0.352. The number of nitrogens with two attached hydrogens (primary N) is 1. The second-order valence-electron chi connectivity index (χ2n) is 3.86. The van der Waals surface area contributed by atoms with E-state index in [-0.39, 0.29) is 0 Å². The van der Waals surface area contributed by atoms with Crippen molar-refractivity contribution < 1.29 is 4.42 Å². The Hall–Kier alpha value is -2.21. The molecule has 0 amide bonds. The lowest BCUT2D eigenvalue weighted by molar-refractivity contribution is 0.584. The lowest BCUT2D eigenvalue weighted by atomic mass is 10.2. The van der Waals surface area contributed by atoms with Gasteiger partial charge in [-0.05, 0) is 34.1 Å². The van der Waals surface area contributed by atoms with Gasteiger partial charge in [-0.3, -0.25) is 0 Å². The number of benzene rings is 1. The van der Waals surface area contributed by atoms with E-state index in [1.165, 1.54) is 0 Å². The summed E-state index contributed by atoms with van der Waals surface area (Å²) in [7, 11) is 0. The Labute approximate surface area is 117 Å². The fraction of sp³-hybridized carbons (Fsp3) is 0. The van der Waals surface area contributed by atoms with Crippen LogP contribution < -0.4 is 5.73 Å². The van der Waals surface area contributed by atoms with Crippen molar-refractivity contribution in [1.29, 1.82) is 0 Å². The number of rotatable bonds is 2. The summed E-state index contributed by atoms with van der Waals surface area (Å²) in [5, 5.41) is 8.03. The van der Waals surface area contributed by atoms with E-state index in [0.29, 0.717) is 23.2 Å². The summed E-state index contributed by atoms with van der Waals surface area (Å²) in [6, 6.07) is 11.4. The number of hydrogen-bond acceptors (Lipinski definition) is 5. The maximum atomic E-state index is 5.81. The predicted molar refractivity (Wildman–Crippen MR) is 75.1 cm³/mol. The van der Waals surface area contributed by atoms with Gasteiger partial charge in [-0.15, -0.1) is 10.2 Å². The maximum Gasteiger partial charge on any atom is 0.251 e.